The minimum Gasteiger partial charge on any atom is -0.481 e. The number of benzene rings is 2. The summed E-state index contributed by atoms with van der Waals surface area (Å²) in [7, 11) is -0.937. The van der Waals surface area contributed by atoms with Gasteiger partial charge in [-0.1, -0.05) is 17.7 Å². The van der Waals surface area contributed by atoms with Crippen LogP contribution in [0.3, 0.4) is 0 Å². The Hall–Kier alpha value is -2.78. The first-order valence-corrected chi connectivity index (χ1v) is 10.3. The van der Waals surface area contributed by atoms with Crippen molar-refractivity contribution in [1.82, 2.24) is 4.90 Å². The van der Waals surface area contributed by atoms with Crippen molar-refractivity contribution in [2.75, 3.05) is 25.4 Å². The molecule has 0 saturated heterocycles. The molecule has 0 aliphatic carbocycles. The van der Waals surface area contributed by atoms with E-state index in [0.717, 1.165) is 0 Å². The van der Waals surface area contributed by atoms with E-state index >= 15 is 0 Å². The first-order valence-electron chi connectivity index (χ1n) is 8.43. The fourth-order valence-electron chi connectivity index (χ4n) is 2.65. The molecule has 2 aromatic rings. The van der Waals surface area contributed by atoms with Crippen LogP contribution in [-0.4, -0.2) is 51.0 Å². The van der Waals surface area contributed by atoms with Gasteiger partial charge in [0, 0.05) is 25.2 Å². The average Bonchev–Trinajstić information content (AvgIpc) is 2.62. The summed E-state index contributed by atoms with van der Waals surface area (Å²) in [6.45, 7) is 2.60. The summed E-state index contributed by atoms with van der Waals surface area (Å²) in [6.07, 6.45) is 0. The Bertz CT molecular complexity index is 1070. The van der Waals surface area contributed by atoms with E-state index in [9.17, 15) is 18.0 Å². The van der Waals surface area contributed by atoms with Gasteiger partial charge in [0.15, 0.2) is 6.61 Å². The summed E-state index contributed by atoms with van der Waals surface area (Å²) < 4.78 is 33.5. The zero-order chi connectivity index (χ0) is 21.9. The van der Waals surface area contributed by atoms with E-state index in [-0.39, 0.29) is 38.4 Å². The highest BCUT2D eigenvalue weighted by atomic mass is 35.5. The van der Waals surface area contributed by atoms with Crippen molar-refractivity contribution in [3.8, 4) is 5.75 Å². The topological polar surface area (TPSA) is 113 Å². The van der Waals surface area contributed by atoms with E-state index in [1.54, 1.807) is 21.0 Å². The number of nitrogens with one attached hydrogen (secondary N) is 1. The Kier molecular flexibility index (Phi) is 6.76. The maximum Gasteiger partial charge on any atom is 0.341 e. The number of sulfonamides is 1. The fourth-order valence-corrected chi connectivity index (χ4v) is 4.18. The van der Waals surface area contributed by atoms with Gasteiger partial charge >= 0.3 is 5.97 Å². The number of carbonyl (C=O) groups is 2. The predicted molar refractivity (Wildman–Crippen MR) is 109 cm³/mol. The lowest BCUT2D eigenvalue weighted by atomic mass is 10.1. The minimum atomic E-state index is -4.09. The molecule has 0 aliphatic rings. The summed E-state index contributed by atoms with van der Waals surface area (Å²) in [4.78, 5) is 24.2. The van der Waals surface area contributed by atoms with Gasteiger partial charge in [-0.15, -0.1) is 0 Å². The summed E-state index contributed by atoms with van der Waals surface area (Å²) in [6, 6.07) is 7.19. The quantitative estimate of drug-likeness (QED) is 0.684. The Labute approximate surface area is 174 Å². The van der Waals surface area contributed by atoms with Gasteiger partial charge in [-0.05, 0) is 43.7 Å². The van der Waals surface area contributed by atoms with Gasteiger partial charge in [-0.2, -0.15) is 0 Å². The molecule has 1 amide bonds. The molecule has 0 saturated carbocycles. The Balaban J connectivity index is 2.45. The van der Waals surface area contributed by atoms with E-state index < -0.39 is 22.6 Å². The smallest absolute Gasteiger partial charge is 0.341 e. The summed E-state index contributed by atoms with van der Waals surface area (Å²) in [5, 5.41) is 8.94. The number of carboxylic acid groups (broad SMARTS) is 1. The molecule has 156 valence electrons. The fraction of sp³-hybridized carbons (Fsp3) is 0.263. The number of ether oxygens (including phenoxy) is 1. The van der Waals surface area contributed by atoms with E-state index in [0.29, 0.717) is 5.56 Å². The number of halogens is 1. The SMILES string of the molecule is Cc1ccc(S(=O)(=O)Nc2cc(C(=O)N(C)C)ccc2Cl)c(C)c1OCC(=O)O. The molecule has 0 unspecified atom stereocenters. The Morgan fingerprint density at radius 1 is 1.17 bits per heavy atom. The highest BCUT2D eigenvalue weighted by Crippen LogP contribution is 2.32. The van der Waals surface area contributed by atoms with E-state index in [2.05, 4.69) is 4.72 Å². The zero-order valence-corrected chi connectivity index (χ0v) is 17.9. The van der Waals surface area contributed by atoms with Crippen molar-refractivity contribution < 1.29 is 27.9 Å². The second kappa shape index (κ2) is 8.71. The first-order chi connectivity index (χ1) is 13.4. The monoisotopic (exact) mass is 440 g/mol. The van der Waals surface area contributed by atoms with Gasteiger partial charge in [0.1, 0.15) is 5.75 Å². The van der Waals surface area contributed by atoms with Crippen LogP contribution in [0.25, 0.3) is 0 Å². The van der Waals surface area contributed by atoms with Crippen molar-refractivity contribution in [2.24, 2.45) is 0 Å². The number of carbonyl (C=O) groups excluding carboxylic acids is 1. The molecule has 0 atom stereocenters. The summed E-state index contributed by atoms with van der Waals surface area (Å²) in [5.41, 5.74) is 1.17. The van der Waals surface area contributed by atoms with Crippen LogP contribution >= 0.6 is 11.6 Å². The van der Waals surface area contributed by atoms with Crippen LogP contribution in [0.4, 0.5) is 5.69 Å². The zero-order valence-electron chi connectivity index (χ0n) is 16.3. The molecule has 0 heterocycles. The number of rotatable bonds is 7. The van der Waals surface area contributed by atoms with Gasteiger partial charge in [-0.3, -0.25) is 9.52 Å². The van der Waals surface area contributed by atoms with Gasteiger partial charge in [0.25, 0.3) is 15.9 Å². The molecule has 8 nitrogen and oxygen atoms in total. The largest absolute Gasteiger partial charge is 0.481 e. The standard InChI is InChI=1S/C19H21ClN2O6S/c1-11-5-8-16(12(2)18(11)28-10-17(23)24)29(26,27)21-15-9-13(6-7-14(15)20)19(25)22(3)4/h5-9,21H,10H2,1-4H3,(H,23,24). The van der Waals surface area contributed by atoms with Gasteiger partial charge < -0.3 is 14.7 Å². The number of anilines is 1. The number of carboxylic acids is 1. The normalized spacial score (nSPS) is 11.1. The van der Waals surface area contributed by atoms with Crippen LogP contribution in [-0.2, 0) is 14.8 Å². The third-order valence-electron chi connectivity index (χ3n) is 4.05. The van der Waals surface area contributed by atoms with Crippen molar-refractivity contribution in [3.63, 3.8) is 0 Å². The molecular weight excluding hydrogens is 420 g/mol. The van der Waals surface area contributed by atoms with Crippen LogP contribution in [0.5, 0.6) is 5.75 Å². The molecule has 10 heteroatoms. The molecule has 0 fully saturated rings. The second-order valence-corrected chi connectivity index (χ2v) is 8.57. The maximum absolute atomic E-state index is 13.0. The van der Waals surface area contributed by atoms with Gasteiger partial charge in [0.2, 0.25) is 0 Å². The predicted octanol–water partition coefficient (Wildman–Crippen LogP) is 2.92. The molecule has 2 N–H and O–H groups in total. The average molecular weight is 441 g/mol. The molecule has 0 radical (unpaired) electrons. The van der Waals surface area contributed by atoms with E-state index in [4.69, 9.17) is 21.4 Å². The molecule has 0 aromatic heterocycles. The van der Waals surface area contributed by atoms with Crippen LogP contribution in [0.2, 0.25) is 5.02 Å². The number of aryl methyl sites for hydroxylation is 1. The third-order valence-corrected chi connectivity index (χ3v) is 5.89. The lowest BCUT2D eigenvalue weighted by molar-refractivity contribution is -0.139. The molecule has 0 aliphatic heterocycles. The van der Waals surface area contributed by atoms with Crippen LogP contribution in [0, 0.1) is 13.8 Å². The van der Waals surface area contributed by atoms with Crippen molar-refractivity contribution in [1.29, 1.82) is 0 Å². The van der Waals surface area contributed by atoms with Crippen molar-refractivity contribution in [2.45, 2.75) is 18.7 Å². The lowest BCUT2D eigenvalue weighted by Gasteiger charge is -2.17. The van der Waals surface area contributed by atoms with Crippen molar-refractivity contribution in [3.05, 3.63) is 52.0 Å². The maximum atomic E-state index is 13.0. The number of hydrogen-bond donors (Lipinski definition) is 2. The lowest BCUT2D eigenvalue weighted by Crippen LogP contribution is -2.22. The van der Waals surface area contributed by atoms with E-state index in [1.165, 1.54) is 42.2 Å². The van der Waals surface area contributed by atoms with Gasteiger partial charge in [-0.25, -0.2) is 13.2 Å². The van der Waals surface area contributed by atoms with Crippen molar-refractivity contribution >= 4 is 39.2 Å². The molecule has 29 heavy (non-hydrogen) atoms. The molecular formula is C19H21ClN2O6S. The second-order valence-electron chi connectivity index (χ2n) is 6.52. The highest BCUT2D eigenvalue weighted by molar-refractivity contribution is 7.92. The number of amides is 1. The van der Waals surface area contributed by atoms with Crippen LogP contribution in [0.15, 0.2) is 35.2 Å². The number of hydrogen-bond acceptors (Lipinski definition) is 5. The molecule has 2 rings (SSSR count). The van der Waals surface area contributed by atoms with Gasteiger partial charge in [0.05, 0.1) is 15.6 Å². The summed E-state index contributed by atoms with van der Waals surface area (Å²) in [5.74, 6) is -1.31. The van der Waals surface area contributed by atoms with E-state index in [1.807, 2.05) is 0 Å². The number of aliphatic carboxylic acids is 1. The van der Waals surface area contributed by atoms with Crippen LogP contribution < -0.4 is 9.46 Å². The summed E-state index contributed by atoms with van der Waals surface area (Å²) >= 11 is 6.11. The minimum absolute atomic E-state index is 0.0485. The molecule has 2 aromatic carbocycles. The third kappa shape index (κ3) is 5.18. The Morgan fingerprint density at radius 2 is 1.83 bits per heavy atom. The Morgan fingerprint density at radius 3 is 2.41 bits per heavy atom. The first kappa shape index (κ1) is 22.5. The highest BCUT2D eigenvalue weighted by Gasteiger charge is 2.23. The van der Waals surface area contributed by atoms with Crippen LogP contribution in [0.1, 0.15) is 21.5 Å². The molecule has 0 bridgehead atoms. The number of nitrogens with zero attached hydrogens (tertiary/aromatic N) is 1. The molecule has 0 spiro atoms.